The van der Waals surface area contributed by atoms with E-state index in [1.54, 1.807) is 25.9 Å². The molecular weight excluding hydrogens is 334 g/mol. The van der Waals surface area contributed by atoms with E-state index in [1.807, 2.05) is 30.3 Å². The molecule has 3 rings (SSSR count). The first-order valence-electron chi connectivity index (χ1n) is 8.24. The molecule has 1 amide bonds. The van der Waals surface area contributed by atoms with Gasteiger partial charge in [-0.05, 0) is 12.5 Å². The van der Waals surface area contributed by atoms with Gasteiger partial charge in [-0.15, -0.1) is 0 Å². The summed E-state index contributed by atoms with van der Waals surface area (Å²) >= 11 is 0. The van der Waals surface area contributed by atoms with Crippen molar-refractivity contribution in [3.63, 3.8) is 0 Å². The molecule has 0 radical (unpaired) electrons. The quantitative estimate of drug-likeness (QED) is 0.688. The summed E-state index contributed by atoms with van der Waals surface area (Å²) in [6.45, 7) is 2.18. The number of hydrogen-bond donors (Lipinski definition) is 0. The number of nitrogens with zero attached hydrogens (tertiary/aromatic N) is 5. The fourth-order valence-electron chi connectivity index (χ4n) is 3.03. The van der Waals surface area contributed by atoms with Crippen molar-refractivity contribution in [3.05, 3.63) is 63.1 Å². The van der Waals surface area contributed by atoms with Crippen LogP contribution in [0.1, 0.15) is 18.5 Å². The Morgan fingerprint density at radius 2 is 1.81 bits per heavy atom. The maximum Gasteiger partial charge on any atom is 0.332 e. The SMILES string of the molecule is C[C@H](C(=O)N(C)Cc1ccccc1)n1cnc2c1c(=O)n(C)c(=O)n2C. The summed E-state index contributed by atoms with van der Waals surface area (Å²) in [7, 11) is 4.68. The third-order valence-corrected chi connectivity index (χ3v) is 4.59. The molecule has 26 heavy (non-hydrogen) atoms. The van der Waals surface area contributed by atoms with E-state index in [1.165, 1.54) is 22.5 Å². The van der Waals surface area contributed by atoms with Crippen LogP contribution in [0.2, 0.25) is 0 Å². The molecule has 0 aliphatic heterocycles. The number of carbonyl (C=O) groups is 1. The number of amides is 1. The lowest BCUT2D eigenvalue weighted by Crippen LogP contribution is -2.38. The number of aromatic nitrogens is 4. The number of imidazole rings is 1. The molecule has 8 heteroatoms. The van der Waals surface area contributed by atoms with E-state index in [0.29, 0.717) is 6.54 Å². The molecule has 136 valence electrons. The van der Waals surface area contributed by atoms with Crippen LogP contribution in [0.25, 0.3) is 11.2 Å². The maximum absolute atomic E-state index is 12.8. The molecular formula is C18H21N5O3. The van der Waals surface area contributed by atoms with E-state index >= 15 is 0 Å². The van der Waals surface area contributed by atoms with Crippen molar-refractivity contribution in [2.45, 2.75) is 19.5 Å². The molecule has 0 aliphatic carbocycles. The van der Waals surface area contributed by atoms with Gasteiger partial charge in [0.2, 0.25) is 5.91 Å². The van der Waals surface area contributed by atoms with Gasteiger partial charge in [0.1, 0.15) is 6.04 Å². The van der Waals surface area contributed by atoms with Gasteiger partial charge in [0.25, 0.3) is 5.56 Å². The molecule has 0 bridgehead atoms. The zero-order chi connectivity index (χ0) is 19.0. The molecule has 8 nitrogen and oxygen atoms in total. The standard InChI is InChI=1S/C18H21N5O3/c1-12(16(24)20(2)10-13-8-6-5-7-9-13)23-11-19-15-14(23)17(25)22(4)18(26)21(15)3/h5-9,11-12H,10H2,1-4H3/t12-/m1/s1. The van der Waals surface area contributed by atoms with Crippen molar-refractivity contribution < 1.29 is 4.79 Å². The minimum absolute atomic E-state index is 0.149. The van der Waals surface area contributed by atoms with Gasteiger partial charge in [0, 0.05) is 27.7 Å². The first-order valence-corrected chi connectivity index (χ1v) is 8.24. The Balaban J connectivity index is 1.97. The molecule has 0 spiro atoms. The largest absolute Gasteiger partial charge is 0.340 e. The van der Waals surface area contributed by atoms with Crippen LogP contribution in [0.3, 0.4) is 0 Å². The summed E-state index contributed by atoms with van der Waals surface area (Å²) in [5.41, 5.74) is 0.607. The Morgan fingerprint density at radius 3 is 2.46 bits per heavy atom. The van der Waals surface area contributed by atoms with Gasteiger partial charge in [-0.1, -0.05) is 30.3 Å². The number of hydrogen-bond acceptors (Lipinski definition) is 4. The average molecular weight is 355 g/mol. The highest BCUT2D eigenvalue weighted by molar-refractivity contribution is 5.82. The molecule has 0 saturated carbocycles. The topological polar surface area (TPSA) is 82.1 Å². The lowest BCUT2D eigenvalue weighted by Gasteiger charge is -2.22. The molecule has 0 aliphatic rings. The van der Waals surface area contributed by atoms with E-state index in [4.69, 9.17) is 0 Å². The molecule has 0 unspecified atom stereocenters. The Morgan fingerprint density at radius 1 is 1.15 bits per heavy atom. The van der Waals surface area contributed by atoms with Crippen LogP contribution in [-0.2, 0) is 25.4 Å². The van der Waals surface area contributed by atoms with Gasteiger partial charge in [0.05, 0.1) is 6.33 Å². The van der Waals surface area contributed by atoms with Crippen molar-refractivity contribution in [2.75, 3.05) is 7.05 Å². The van der Waals surface area contributed by atoms with Crippen LogP contribution >= 0.6 is 0 Å². The first-order chi connectivity index (χ1) is 12.3. The number of likely N-dealkylation sites (N-methyl/N-ethyl adjacent to an activating group) is 1. The molecule has 1 atom stereocenters. The summed E-state index contributed by atoms with van der Waals surface area (Å²) in [5.74, 6) is -0.149. The Kier molecular flexibility index (Phi) is 4.50. The molecule has 0 saturated heterocycles. The van der Waals surface area contributed by atoms with Gasteiger partial charge in [-0.25, -0.2) is 9.78 Å². The zero-order valence-corrected chi connectivity index (χ0v) is 15.2. The second-order valence-corrected chi connectivity index (χ2v) is 6.39. The highest BCUT2D eigenvalue weighted by atomic mass is 16.2. The second-order valence-electron chi connectivity index (χ2n) is 6.39. The first kappa shape index (κ1) is 17.7. The number of fused-ring (bicyclic) bond motifs is 1. The van der Waals surface area contributed by atoms with Gasteiger partial charge in [-0.2, -0.15) is 0 Å². The van der Waals surface area contributed by atoms with E-state index in [9.17, 15) is 14.4 Å². The minimum atomic E-state index is -0.626. The number of carbonyl (C=O) groups excluding carboxylic acids is 1. The van der Waals surface area contributed by atoms with E-state index in [-0.39, 0.29) is 17.1 Å². The molecule has 2 aromatic heterocycles. The minimum Gasteiger partial charge on any atom is -0.340 e. The number of benzene rings is 1. The lowest BCUT2D eigenvalue weighted by molar-refractivity contribution is -0.133. The van der Waals surface area contributed by atoms with Crippen LogP contribution in [-0.4, -0.2) is 36.5 Å². The van der Waals surface area contributed by atoms with Gasteiger partial charge in [-0.3, -0.25) is 18.7 Å². The highest BCUT2D eigenvalue weighted by Crippen LogP contribution is 2.16. The molecule has 1 aromatic carbocycles. The van der Waals surface area contributed by atoms with Crippen LogP contribution in [0.5, 0.6) is 0 Å². The van der Waals surface area contributed by atoms with Gasteiger partial charge >= 0.3 is 5.69 Å². The molecule has 3 aromatic rings. The van der Waals surface area contributed by atoms with Crippen LogP contribution < -0.4 is 11.2 Å². The third kappa shape index (κ3) is 2.83. The molecule has 0 N–H and O–H groups in total. The van der Waals surface area contributed by atoms with E-state index < -0.39 is 17.3 Å². The smallest absolute Gasteiger partial charge is 0.332 e. The number of rotatable bonds is 4. The highest BCUT2D eigenvalue weighted by Gasteiger charge is 2.24. The lowest BCUT2D eigenvalue weighted by atomic mass is 10.2. The summed E-state index contributed by atoms with van der Waals surface area (Å²) in [6.07, 6.45) is 1.43. The molecule has 2 heterocycles. The second kappa shape index (κ2) is 6.62. The summed E-state index contributed by atoms with van der Waals surface area (Å²) < 4.78 is 3.85. The monoisotopic (exact) mass is 355 g/mol. The third-order valence-electron chi connectivity index (χ3n) is 4.59. The van der Waals surface area contributed by atoms with E-state index in [2.05, 4.69) is 4.98 Å². The van der Waals surface area contributed by atoms with E-state index in [0.717, 1.165) is 10.1 Å². The summed E-state index contributed by atoms with van der Waals surface area (Å²) in [5, 5.41) is 0. The van der Waals surface area contributed by atoms with Crippen molar-refractivity contribution in [3.8, 4) is 0 Å². The fraction of sp³-hybridized carbons (Fsp3) is 0.333. The Bertz CT molecular complexity index is 1080. The van der Waals surface area contributed by atoms with Crippen molar-refractivity contribution >= 4 is 17.1 Å². The normalized spacial score (nSPS) is 12.3. The molecule has 0 fully saturated rings. The predicted octanol–water partition coefficient (Wildman–Crippen LogP) is 0.653. The van der Waals surface area contributed by atoms with Gasteiger partial charge in [0.15, 0.2) is 11.2 Å². The Hall–Kier alpha value is -3.16. The number of aryl methyl sites for hydroxylation is 1. The summed E-state index contributed by atoms with van der Waals surface area (Å²) in [4.78, 5) is 43.2. The van der Waals surface area contributed by atoms with Crippen LogP contribution in [0.4, 0.5) is 0 Å². The fourth-order valence-corrected chi connectivity index (χ4v) is 3.03. The zero-order valence-electron chi connectivity index (χ0n) is 15.2. The van der Waals surface area contributed by atoms with Crippen LogP contribution in [0.15, 0.2) is 46.2 Å². The van der Waals surface area contributed by atoms with Crippen LogP contribution in [0, 0.1) is 0 Å². The van der Waals surface area contributed by atoms with Crippen molar-refractivity contribution in [1.29, 1.82) is 0 Å². The van der Waals surface area contributed by atoms with Crippen molar-refractivity contribution in [1.82, 2.24) is 23.6 Å². The Labute approximate surface area is 149 Å². The van der Waals surface area contributed by atoms with Gasteiger partial charge < -0.3 is 9.47 Å². The average Bonchev–Trinajstić information content (AvgIpc) is 3.09. The van der Waals surface area contributed by atoms with Crippen molar-refractivity contribution in [2.24, 2.45) is 14.1 Å². The summed E-state index contributed by atoms with van der Waals surface area (Å²) in [6, 6.07) is 9.04. The maximum atomic E-state index is 12.8. The predicted molar refractivity (Wildman–Crippen MR) is 97.8 cm³/mol.